The summed E-state index contributed by atoms with van der Waals surface area (Å²) in [4.78, 5) is 25.2. The van der Waals surface area contributed by atoms with Crippen LogP contribution in [0.4, 0.5) is 4.39 Å². The molecule has 0 heterocycles. The lowest BCUT2D eigenvalue weighted by Gasteiger charge is -2.20. The van der Waals surface area contributed by atoms with E-state index in [1.54, 1.807) is 23.1 Å². The molecule has 0 unspecified atom stereocenters. The number of rotatable bonds is 10. The predicted molar refractivity (Wildman–Crippen MR) is 89.8 cm³/mol. The molecule has 0 aliphatic rings. The van der Waals surface area contributed by atoms with Crippen molar-refractivity contribution in [1.29, 1.82) is 0 Å². The Morgan fingerprint density at radius 1 is 1.21 bits per heavy atom. The van der Waals surface area contributed by atoms with Crippen molar-refractivity contribution >= 4 is 18.0 Å². The van der Waals surface area contributed by atoms with Crippen LogP contribution in [0, 0.1) is 5.82 Å². The predicted octanol–water partition coefficient (Wildman–Crippen LogP) is 2.66. The summed E-state index contributed by atoms with van der Waals surface area (Å²) in [7, 11) is 1.32. The molecule has 1 aromatic carbocycles. The number of nitrogens with zero attached hydrogens (tertiary/aromatic N) is 1. The number of amides is 1. The molecule has 0 spiro atoms. The van der Waals surface area contributed by atoms with E-state index in [0.717, 1.165) is 5.56 Å². The number of hydrogen-bond donors (Lipinski definition) is 0. The fraction of sp³-hybridized carbons (Fsp3) is 0.444. The van der Waals surface area contributed by atoms with Gasteiger partial charge in [0.1, 0.15) is 5.82 Å². The zero-order chi connectivity index (χ0) is 17.8. The first-order valence-corrected chi connectivity index (χ1v) is 7.94. The number of methoxy groups -OCH3 is 1. The van der Waals surface area contributed by atoms with Gasteiger partial charge in [-0.3, -0.25) is 9.59 Å². The highest BCUT2D eigenvalue weighted by Gasteiger charge is 2.12. The van der Waals surface area contributed by atoms with Crippen molar-refractivity contribution in [2.75, 3.05) is 33.4 Å². The van der Waals surface area contributed by atoms with Crippen molar-refractivity contribution in [3.05, 3.63) is 41.7 Å². The van der Waals surface area contributed by atoms with Crippen molar-refractivity contribution in [2.24, 2.45) is 0 Å². The van der Waals surface area contributed by atoms with Gasteiger partial charge in [-0.15, -0.1) is 0 Å². The van der Waals surface area contributed by atoms with E-state index >= 15 is 0 Å². The lowest BCUT2D eigenvalue weighted by Crippen LogP contribution is -2.33. The minimum absolute atomic E-state index is 0.140. The number of ether oxygens (including phenoxy) is 2. The first-order valence-electron chi connectivity index (χ1n) is 7.94. The Balaban J connectivity index is 2.62. The molecule has 0 bridgehead atoms. The molecule has 0 N–H and O–H groups in total. The van der Waals surface area contributed by atoms with E-state index in [9.17, 15) is 14.0 Å². The van der Waals surface area contributed by atoms with Gasteiger partial charge in [-0.1, -0.05) is 12.1 Å². The molecule has 1 aromatic rings. The Labute approximate surface area is 142 Å². The minimum atomic E-state index is -0.361. The Hall–Kier alpha value is -2.21. The van der Waals surface area contributed by atoms with E-state index in [1.165, 1.54) is 25.3 Å². The Kier molecular flexibility index (Phi) is 9.38. The van der Waals surface area contributed by atoms with Gasteiger partial charge in [-0.05, 0) is 37.1 Å². The number of carbonyl (C=O) groups excluding carboxylic acids is 2. The fourth-order valence-corrected chi connectivity index (χ4v) is 2.01. The molecule has 0 saturated carbocycles. The molecule has 0 aliphatic heterocycles. The molecule has 1 amide bonds. The molecule has 6 heteroatoms. The molecule has 0 aliphatic carbocycles. The average molecular weight is 337 g/mol. The van der Waals surface area contributed by atoms with Crippen molar-refractivity contribution in [2.45, 2.75) is 19.8 Å². The summed E-state index contributed by atoms with van der Waals surface area (Å²) in [6.07, 6.45) is 3.87. The number of halogens is 1. The largest absolute Gasteiger partial charge is 0.469 e. The van der Waals surface area contributed by atoms with Gasteiger partial charge in [0.05, 0.1) is 13.5 Å². The summed E-state index contributed by atoms with van der Waals surface area (Å²) in [5.74, 6) is -0.894. The van der Waals surface area contributed by atoms with Crippen LogP contribution in [-0.4, -0.2) is 50.2 Å². The molecule has 1 rings (SSSR count). The summed E-state index contributed by atoms with van der Waals surface area (Å²) in [6.45, 7) is 3.86. The molecular weight excluding hydrogens is 313 g/mol. The second-order valence-electron chi connectivity index (χ2n) is 5.09. The zero-order valence-corrected chi connectivity index (χ0v) is 14.2. The zero-order valence-electron chi connectivity index (χ0n) is 14.2. The third kappa shape index (κ3) is 7.87. The molecule has 132 valence electrons. The van der Waals surface area contributed by atoms with Crippen molar-refractivity contribution in [3.8, 4) is 0 Å². The molecule has 5 nitrogen and oxygen atoms in total. The van der Waals surface area contributed by atoms with E-state index in [4.69, 9.17) is 4.74 Å². The summed E-state index contributed by atoms with van der Waals surface area (Å²) in [6, 6.07) is 5.85. The second kappa shape index (κ2) is 11.3. The number of esters is 1. The van der Waals surface area contributed by atoms with Crippen LogP contribution in [0.1, 0.15) is 25.3 Å². The molecule has 24 heavy (non-hydrogen) atoms. The van der Waals surface area contributed by atoms with Crippen LogP contribution in [0.3, 0.4) is 0 Å². The first kappa shape index (κ1) is 19.8. The van der Waals surface area contributed by atoms with Gasteiger partial charge >= 0.3 is 5.97 Å². The van der Waals surface area contributed by atoms with Crippen LogP contribution >= 0.6 is 0 Å². The van der Waals surface area contributed by atoms with E-state index in [2.05, 4.69) is 4.74 Å². The standard InChI is InChI=1S/C18H24FNO4/c1-3-24-14-4-12-20(13-11-18(22)23-2)17(21)10-7-15-5-8-16(19)9-6-15/h5-10H,3-4,11-14H2,1-2H3/b10-7+. The Morgan fingerprint density at radius 3 is 2.54 bits per heavy atom. The quantitative estimate of drug-likeness (QED) is 0.374. The van der Waals surface area contributed by atoms with Crippen LogP contribution in [0.2, 0.25) is 0 Å². The lowest BCUT2D eigenvalue weighted by molar-refractivity contribution is -0.141. The molecule has 0 saturated heterocycles. The third-order valence-corrected chi connectivity index (χ3v) is 3.33. The monoisotopic (exact) mass is 337 g/mol. The van der Waals surface area contributed by atoms with Crippen LogP contribution in [0.25, 0.3) is 6.08 Å². The maximum absolute atomic E-state index is 12.9. The maximum Gasteiger partial charge on any atom is 0.307 e. The van der Waals surface area contributed by atoms with Gasteiger partial charge in [0.15, 0.2) is 0 Å². The second-order valence-corrected chi connectivity index (χ2v) is 5.09. The van der Waals surface area contributed by atoms with Crippen molar-refractivity contribution < 1.29 is 23.5 Å². The summed E-state index contributed by atoms with van der Waals surface area (Å²) in [5, 5.41) is 0. The Bertz CT molecular complexity index is 542. The van der Waals surface area contributed by atoms with Crippen LogP contribution < -0.4 is 0 Å². The molecule has 0 aromatic heterocycles. The third-order valence-electron chi connectivity index (χ3n) is 3.33. The smallest absolute Gasteiger partial charge is 0.307 e. The van der Waals surface area contributed by atoms with Gasteiger partial charge in [-0.2, -0.15) is 0 Å². The maximum atomic E-state index is 12.9. The van der Waals surface area contributed by atoms with Crippen molar-refractivity contribution in [1.82, 2.24) is 4.90 Å². The summed E-state index contributed by atoms with van der Waals surface area (Å²) < 4.78 is 22.7. The number of hydrogen-bond acceptors (Lipinski definition) is 4. The number of carbonyl (C=O) groups is 2. The van der Waals surface area contributed by atoms with Crippen LogP contribution in [-0.2, 0) is 19.1 Å². The first-order chi connectivity index (χ1) is 11.6. The summed E-state index contributed by atoms with van der Waals surface area (Å²) in [5.41, 5.74) is 0.729. The number of benzene rings is 1. The molecular formula is C18H24FNO4. The highest BCUT2D eigenvalue weighted by molar-refractivity contribution is 5.92. The molecule has 0 radical (unpaired) electrons. The molecule has 0 atom stereocenters. The average Bonchev–Trinajstić information content (AvgIpc) is 2.60. The fourth-order valence-electron chi connectivity index (χ4n) is 2.01. The summed E-state index contributed by atoms with van der Waals surface area (Å²) >= 11 is 0. The van der Waals surface area contributed by atoms with Gasteiger partial charge in [-0.25, -0.2) is 4.39 Å². The van der Waals surface area contributed by atoms with Crippen LogP contribution in [0.15, 0.2) is 30.3 Å². The Morgan fingerprint density at radius 2 is 1.92 bits per heavy atom. The van der Waals surface area contributed by atoms with Gasteiger partial charge in [0.25, 0.3) is 0 Å². The van der Waals surface area contributed by atoms with E-state index < -0.39 is 0 Å². The topological polar surface area (TPSA) is 55.8 Å². The SMILES string of the molecule is CCOCCCN(CCC(=O)OC)C(=O)/C=C/c1ccc(F)cc1. The lowest BCUT2D eigenvalue weighted by atomic mass is 10.2. The van der Waals surface area contributed by atoms with E-state index in [1.807, 2.05) is 6.92 Å². The van der Waals surface area contributed by atoms with Gasteiger partial charge in [0, 0.05) is 32.4 Å². The van der Waals surface area contributed by atoms with Gasteiger partial charge < -0.3 is 14.4 Å². The van der Waals surface area contributed by atoms with E-state index in [0.29, 0.717) is 26.2 Å². The van der Waals surface area contributed by atoms with Gasteiger partial charge in [0.2, 0.25) is 5.91 Å². The normalized spacial score (nSPS) is 10.8. The molecule has 0 fully saturated rings. The van der Waals surface area contributed by atoms with Crippen molar-refractivity contribution in [3.63, 3.8) is 0 Å². The highest BCUT2D eigenvalue weighted by Crippen LogP contribution is 2.06. The van der Waals surface area contributed by atoms with E-state index in [-0.39, 0.29) is 30.7 Å². The highest BCUT2D eigenvalue weighted by atomic mass is 19.1. The minimum Gasteiger partial charge on any atom is -0.469 e. The van der Waals surface area contributed by atoms with Crippen LogP contribution in [0.5, 0.6) is 0 Å².